The minimum Gasteiger partial charge on any atom is -0.464 e. The molecule has 0 saturated heterocycles. The van der Waals surface area contributed by atoms with Gasteiger partial charge in [-0.1, -0.05) is 179 Å². The van der Waals surface area contributed by atoms with Crippen LogP contribution in [-0.4, -0.2) is 109 Å². The largest absolute Gasteiger partial charge is 0.464 e. The second-order valence-electron chi connectivity index (χ2n) is 17.6. The molecule has 78 heavy (non-hydrogen) atoms. The Bertz CT molecular complexity index is 2900. The van der Waals surface area contributed by atoms with Crippen molar-refractivity contribution in [2.75, 3.05) is 41.0 Å². The van der Waals surface area contributed by atoms with Crippen molar-refractivity contribution >= 4 is 105 Å². The molecule has 3 amide bonds. The van der Waals surface area contributed by atoms with Crippen molar-refractivity contribution in [3.05, 3.63) is 209 Å². The van der Waals surface area contributed by atoms with E-state index in [1.54, 1.807) is 96.5 Å². The van der Waals surface area contributed by atoms with Crippen LogP contribution in [0.25, 0.3) is 0 Å². The SMILES string of the molecule is CCOC(=O)C(Cc1ccccc1)N(C)C(=O)Cc1c(Cl)cccc1Cl.CCOC(=O)C(Cc1ccccc1)N(C)C(=O)Cc1ccc(Cl)c(Cl)c1.CCOC(=O)C(Cc1ccccc1)N(C)C(=O)Cc1ccc(Cl)cc1Cl. The number of esters is 3. The van der Waals surface area contributed by atoms with E-state index in [-0.39, 0.29) is 56.8 Å². The molecule has 0 bridgehead atoms. The van der Waals surface area contributed by atoms with E-state index in [0.717, 1.165) is 22.3 Å². The van der Waals surface area contributed by atoms with E-state index in [9.17, 15) is 28.8 Å². The van der Waals surface area contributed by atoms with E-state index in [4.69, 9.17) is 83.8 Å². The molecule has 6 aromatic carbocycles. The smallest absolute Gasteiger partial charge is 0.329 e. The summed E-state index contributed by atoms with van der Waals surface area (Å²) >= 11 is 36.3. The number of hydrogen-bond acceptors (Lipinski definition) is 9. The zero-order chi connectivity index (χ0) is 57.3. The summed E-state index contributed by atoms with van der Waals surface area (Å²) < 4.78 is 15.5. The van der Waals surface area contributed by atoms with Crippen molar-refractivity contribution in [2.24, 2.45) is 0 Å². The summed E-state index contributed by atoms with van der Waals surface area (Å²) in [7, 11) is 4.82. The lowest BCUT2D eigenvalue weighted by Gasteiger charge is -2.27. The molecule has 0 aliphatic rings. The predicted octanol–water partition coefficient (Wildman–Crippen LogP) is 12.5. The second kappa shape index (κ2) is 33.3. The van der Waals surface area contributed by atoms with E-state index in [2.05, 4.69) is 0 Å². The molecule has 3 unspecified atom stereocenters. The number of carbonyl (C=O) groups is 6. The molecule has 0 radical (unpaired) electrons. The van der Waals surface area contributed by atoms with E-state index in [0.29, 0.717) is 60.5 Å². The molecule has 0 heterocycles. The molecule has 0 aromatic heterocycles. The van der Waals surface area contributed by atoms with Crippen LogP contribution in [0.3, 0.4) is 0 Å². The van der Waals surface area contributed by atoms with E-state index in [1.165, 1.54) is 14.7 Å². The summed E-state index contributed by atoms with van der Waals surface area (Å²) in [6.07, 6.45) is 1.37. The molecule has 0 saturated carbocycles. The number of nitrogens with zero attached hydrogens (tertiary/aromatic N) is 3. The van der Waals surface area contributed by atoms with Gasteiger partial charge in [0.05, 0.1) is 49.1 Å². The van der Waals surface area contributed by atoms with Gasteiger partial charge in [0.25, 0.3) is 0 Å². The fourth-order valence-electron chi connectivity index (χ4n) is 7.76. The fraction of sp³-hybridized carbons (Fsp3) is 0.300. The first-order chi connectivity index (χ1) is 37.3. The summed E-state index contributed by atoms with van der Waals surface area (Å²) in [6.45, 7) is 6.00. The predicted molar refractivity (Wildman–Crippen MR) is 311 cm³/mol. The molecule has 6 rings (SSSR count). The highest BCUT2D eigenvalue weighted by atomic mass is 35.5. The number of ether oxygens (including phenoxy) is 3. The van der Waals surface area contributed by atoms with Gasteiger partial charge in [-0.05, 0) is 90.6 Å². The van der Waals surface area contributed by atoms with E-state index < -0.39 is 36.0 Å². The molecular formula is C60H63Cl6N3O9. The van der Waals surface area contributed by atoms with Gasteiger partial charge in [-0.25, -0.2) is 14.4 Å². The molecule has 6 aromatic rings. The summed E-state index contributed by atoms with van der Waals surface area (Å²) in [5.41, 5.74) is 4.80. The Kier molecular flexibility index (Phi) is 27.5. The highest BCUT2D eigenvalue weighted by Gasteiger charge is 2.31. The molecular weight excluding hydrogens is 1120 g/mol. The molecule has 0 spiro atoms. The summed E-state index contributed by atoms with van der Waals surface area (Å²) in [5.74, 6) is -1.94. The van der Waals surface area contributed by atoms with Crippen LogP contribution >= 0.6 is 69.6 Å². The third kappa shape index (κ3) is 20.6. The first kappa shape index (κ1) is 64.4. The van der Waals surface area contributed by atoms with Crippen molar-refractivity contribution in [1.29, 1.82) is 0 Å². The Morgan fingerprint density at radius 1 is 0.385 bits per heavy atom. The van der Waals surface area contributed by atoms with Gasteiger partial charge in [-0.2, -0.15) is 0 Å². The standard InChI is InChI=1S/3C20H21Cl2NO3/c1-3-26-20(25)18(12-14-8-5-4-6-9-14)23(2)19(24)13-15-16(21)10-7-11-17(15)22;1-3-26-20(25)18(12-14-7-5-4-6-8-14)23(2)19(24)13-15-9-10-16(21)17(22)11-15;1-3-26-20(25)18(11-14-7-5-4-6-8-14)23(2)19(24)12-15-9-10-16(21)13-17(15)22/h2*4-11,18H,3,12-13H2,1-2H3;4-10,13,18H,3,11-12H2,1-2H3. The van der Waals surface area contributed by atoms with Crippen molar-refractivity contribution in [1.82, 2.24) is 14.7 Å². The lowest BCUT2D eigenvalue weighted by atomic mass is 10.0. The number of halogens is 6. The van der Waals surface area contributed by atoms with Gasteiger partial charge < -0.3 is 28.9 Å². The topological polar surface area (TPSA) is 140 Å². The molecule has 3 atom stereocenters. The zero-order valence-electron chi connectivity index (χ0n) is 44.2. The van der Waals surface area contributed by atoms with Crippen LogP contribution in [0, 0.1) is 0 Å². The maximum absolute atomic E-state index is 12.8. The van der Waals surface area contributed by atoms with Gasteiger partial charge in [0.2, 0.25) is 17.7 Å². The van der Waals surface area contributed by atoms with Crippen molar-refractivity contribution in [3.63, 3.8) is 0 Å². The van der Waals surface area contributed by atoms with Crippen LogP contribution in [0.15, 0.2) is 146 Å². The Hall–Kier alpha value is -6.12. The normalized spacial score (nSPS) is 11.7. The van der Waals surface area contributed by atoms with Crippen molar-refractivity contribution in [3.8, 4) is 0 Å². The maximum Gasteiger partial charge on any atom is 0.329 e. The maximum atomic E-state index is 12.8. The van der Waals surface area contributed by atoms with Crippen LogP contribution < -0.4 is 0 Å². The second-order valence-corrected chi connectivity index (χ2v) is 20.1. The number of benzene rings is 6. The number of hydrogen-bond donors (Lipinski definition) is 0. The van der Waals surface area contributed by atoms with Crippen LogP contribution in [0.5, 0.6) is 0 Å². The van der Waals surface area contributed by atoms with Gasteiger partial charge in [-0.3, -0.25) is 14.4 Å². The minimum absolute atomic E-state index is 0.0136. The third-order valence-corrected chi connectivity index (χ3v) is 14.2. The quantitative estimate of drug-likeness (QED) is 0.0509. The molecule has 0 aliphatic heterocycles. The van der Waals surface area contributed by atoms with Crippen LogP contribution in [0.1, 0.15) is 54.2 Å². The molecule has 18 heteroatoms. The average molecular weight is 1180 g/mol. The Morgan fingerprint density at radius 2 is 0.769 bits per heavy atom. The highest BCUT2D eigenvalue weighted by Crippen LogP contribution is 2.27. The molecule has 12 nitrogen and oxygen atoms in total. The minimum atomic E-state index is -0.717. The molecule has 0 aliphatic carbocycles. The number of rotatable bonds is 21. The lowest BCUT2D eigenvalue weighted by Crippen LogP contribution is -2.45. The molecule has 0 N–H and O–H groups in total. The average Bonchev–Trinajstić information content (AvgIpc) is 3.42. The first-order valence-electron chi connectivity index (χ1n) is 25.0. The number of likely N-dealkylation sites (N-methyl/N-ethyl adjacent to an activating group) is 3. The summed E-state index contributed by atoms with van der Waals surface area (Å²) in [5, 5.41) is 2.61. The number of amides is 3. The third-order valence-electron chi connectivity index (χ3n) is 12.2. The first-order valence-corrected chi connectivity index (χ1v) is 27.2. The van der Waals surface area contributed by atoms with Crippen LogP contribution in [0.4, 0.5) is 0 Å². The van der Waals surface area contributed by atoms with Gasteiger partial charge in [-0.15, -0.1) is 0 Å². The van der Waals surface area contributed by atoms with Crippen LogP contribution in [-0.2, 0) is 81.5 Å². The van der Waals surface area contributed by atoms with Crippen molar-refractivity contribution in [2.45, 2.75) is 77.4 Å². The van der Waals surface area contributed by atoms with Gasteiger partial charge in [0.15, 0.2) is 0 Å². The monoisotopic (exact) mass is 1180 g/mol. The fourth-order valence-corrected chi connectivity index (χ4v) is 9.09. The van der Waals surface area contributed by atoms with Crippen LogP contribution in [0.2, 0.25) is 30.1 Å². The summed E-state index contributed by atoms with van der Waals surface area (Å²) in [6, 6.07) is 41.6. The zero-order valence-corrected chi connectivity index (χ0v) is 48.8. The Labute approximate surface area is 487 Å². The molecule has 414 valence electrons. The lowest BCUT2D eigenvalue weighted by molar-refractivity contribution is -0.153. The van der Waals surface area contributed by atoms with E-state index >= 15 is 0 Å². The Morgan fingerprint density at radius 3 is 1.14 bits per heavy atom. The van der Waals surface area contributed by atoms with Crippen molar-refractivity contribution < 1.29 is 43.0 Å². The summed E-state index contributed by atoms with van der Waals surface area (Å²) in [4.78, 5) is 79.6. The highest BCUT2D eigenvalue weighted by molar-refractivity contribution is 6.42. The Balaban J connectivity index is 0.000000252. The molecule has 0 fully saturated rings. The van der Waals surface area contributed by atoms with Gasteiger partial charge in [0.1, 0.15) is 18.1 Å². The van der Waals surface area contributed by atoms with Gasteiger partial charge >= 0.3 is 17.9 Å². The number of carbonyl (C=O) groups excluding carboxylic acids is 6. The van der Waals surface area contributed by atoms with Gasteiger partial charge in [0, 0.05) is 60.5 Å². The van der Waals surface area contributed by atoms with E-state index in [1.807, 2.05) is 91.0 Å².